The molecule has 0 spiro atoms. The SMILES string of the molecule is N#Cc1ccccc1NCc1cccc(Br)n1. The first kappa shape index (κ1) is 11.6. The van der Waals surface area contributed by atoms with Crippen molar-refractivity contribution in [1.82, 2.24) is 4.98 Å². The van der Waals surface area contributed by atoms with Crippen LogP contribution in [0.5, 0.6) is 0 Å². The van der Waals surface area contributed by atoms with Gasteiger partial charge in [0, 0.05) is 0 Å². The minimum absolute atomic E-state index is 0.595. The second kappa shape index (κ2) is 5.46. The molecule has 3 nitrogen and oxygen atoms in total. The Morgan fingerprint density at radius 1 is 1.18 bits per heavy atom. The number of nitrogens with one attached hydrogen (secondary N) is 1. The number of rotatable bonds is 3. The third kappa shape index (κ3) is 3.05. The van der Waals surface area contributed by atoms with Crippen molar-refractivity contribution in [3.63, 3.8) is 0 Å². The minimum Gasteiger partial charge on any atom is -0.378 e. The highest BCUT2D eigenvalue weighted by atomic mass is 79.9. The highest BCUT2D eigenvalue weighted by molar-refractivity contribution is 9.10. The summed E-state index contributed by atoms with van der Waals surface area (Å²) < 4.78 is 0.811. The average Bonchev–Trinajstić information content (AvgIpc) is 2.37. The Hall–Kier alpha value is -1.86. The van der Waals surface area contributed by atoms with Crippen LogP contribution in [0.3, 0.4) is 0 Å². The first-order valence-electron chi connectivity index (χ1n) is 5.14. The van der Waals surface area contributed by atoms with Crippen molar-refractivity contribution in [3.8, 4) is 6.07 Å². The van der Waals surface area contributed by atoms with Crippen molar-refractivity contribution >= 4 is 21.6 Å². The smallest absolute Gasteiger partial charge is 0.106 e. The molecule has 1 aromatic heterocycles. The molecule has 1 heterocycles. The van der Waals surface area contributed by atoms with E-state index in [9.17, 15) is 0 Å². The first-order valence-corrected chi connectivity index (χ1v) is 5.93. The van der Waals surface area contributed by atoms with Gasteiger partial charge in [-0.3, -0.25) is 0 Å². The number of benzene rings is 1. The summed E-state index contributed by atoms with van der Waals surface area (Å²) in [7, 11) is 0. The first-order chi connectivity index (χ1) is 8.29. The van der Waals surface area contributed by atoms with Crippen molar-refractivity contribution in [2.24, 2.45) is 0 Å². The van der Waals surface area contributed by atoms with Crippen LogP contribution in [-0.2, 0) is 6.54 Å². The Bertz CT molecular complexity index is 561. The zero-order valence-electron chi connectivity index (χ0n) is 9.02. The molecule has 0 fully saturated rings. The molecule has 2 rings (SSSR count). The quantitative estimate of drug-likeness (QED) is 0.881. The zero-order chi connectivity index (χ0) is 12.1. The summed E-state index contributed by atoms with van der Waals surface area (Å²) in [6.45, 7) is 0.595. The second-order valence-corrected chi connectivity index (χ2v) is 4.28. The number of para-hydroxylation sites is 1. The maximum atomic E-state index is 8.95. The summed E-state index contributed by atoms with van der Waals surface area (Å²) in [5.41, 5.74) is 2.39. The fraction of sp³-hybridized carbons (Fsp3) is 0.0769. The van der Waals surface area contributed by atoms with Crippen LogP contribution in [0.4, 0.5) is 5.69 Å². The molecule has 0 saturated heterocycles. The summed E-state index contributed by atoms with van der Waals surface area (Å²) in [5.74, 6) is 0. The third-order valence-corrected chi connectivity index (χ3v) is 2.72. The average molecular weight is 288 g/mol. The molecular formula is C13H10BrN3. The molecule has 1 N–H and O–H groups in total. The van der Waals surface area contributed by atoms with E-state index in [-0.39, 0.29) is 0 Å². The van der Waals surface area contributed by atoms with Crippen molar-refractivity contribution < 1.29 is 0 Å². The van der Waals surface area contributed by atoms with Gasteiger partial charge >= 0.3 is 0 Å². The number of anilines is 1. The number of halogens is 1. The predicted molar refractivity (Wildman–Crippen MR) is 70.4 cm³/mol. The minimum atomic E-state index is 0.595. The van der Waals surface area contributed by atoms with Crippen LogP contribution in [0.25, 0.3) is 0 Å². The Kier molecular flexibility index (Phi) is 3.73. The van der Waals surface area contributed by atoms with Crippen LogP contribution < -0.4 is 5.32 Å². The van der Waals surface area contributed by atoms with E-state index >= 15 is 0 Å². The molecule has 2 aromatic rings. The molecule has 0 saturated carbocycles. The van der Waals surface area contributed by atoms with Gasteiger partial charge in [0.15, 0.2) is 0 Å². The molecular weight excluding hydrogens is 278 g/mol. The number of hydrogen-bond donors (Lipinski definition) is 1. The van der Waals surface area contributed by atoms with Gasteiger partial charge in [0.05, 0.1) is 23.5 Å². The molecule has 0 amide bonds. The monoisotopic (exact) mass is 287 g/mol. The van der Waals surface area contributed by atoms with E-state index in [0.717, 1.165) is 16.0 Å². The molecule has 0 radical (unpaired) electrons. The standard InChI is InChI=1S/C13H10BrN3/c14-13-7-3-5-11(17-13)9-16-12-6-2-1-4-10(12)8-15/h1-7,16H,9H2. The maximum Gasteiger partial charge on any atom is 0.106 e. The maximum absolute atomic E-state index is 8.95. The van der Waals surface area contributed by atoms with Crippen molar-refractivity contribution in [1.29, 1.82) is 5.26 Å². The van der Waals surface area contributed by atoms with Crippen LogP contribution in [0.1, 0.15) is 11.3 Å². The Balaban J connectivity index is 2.10. The van der Waals surface area contributed by atoms with E-state index in [1.807, 2.05) is 36.4 Å². The van der Waals surface area contributed by atoms with E-state index in [2.05, 4.69) is 32.3 Å². The molecule has 0 unspecified atom stereocenters. The van der Waals surface area contributed by atoms with Crippen molar-refractivity contribution in [2.45, 2.75) is 6.54 Å². The number of aromatic nitrogens is 1. The van der Waals surface area contributed by atoms with Gasteiger partial charge in [-0.1, -0.05) is 18.2 Å². The van der Waals surface area contributed by atoms with E-state index < -0.39 is 0 Å². The molecule has 0 bridgehead atoms. The lowest BCUT2D eigenvalue weighted by molar-refractivity contribution is 1.03. The van der Waals surface area contributed by atoms with Crippen molar-refractivity contribution in [3.05, 3.63) is 58.3 Å². The highest BCUT2D eigenvalue weighted by Crippen LogP contribution is 2.15. The van der Waals surface area contributed by atoms with E-state index in [4.69, 9.17) is 5.26 Å². The highest BCUT2D eigenvalue weighted by Gasteiger charge is 2.00. The van der Waals surface area contributed by atoms with Crippen molar-refractivity contribution in [2.75, 3.05) is 5.32 Å². The lowest BCUT2D eigenvalue weighted by Gasteiger charge is -2.07. The summed E-state index contributed by atoms with van der Waals surface area (Å²) in [6, 6.07) is 15.3. The Morgan fingerprint density at radius 3 is 2.76 bits per heavy atom. The number of nitriles is 1. The van der Waals surface area contributed by atoms with Gasteiger partial charge in [0.2, 0.25) is 0 Å². The van der Waals surface area contributed by atoms with Gasteiger partial charge in [-0.2, -0.15) is 5.26 Å². The molecule has 0 atom stereocenters. The van der Waals surface area contributed by atoms with Crippen LogP contribution in [0, 0.1) is 11.3 Å². The van der Waals surface area contributed by atoms with Gasteiger partial charge in [0.1, 0.15) is 10.7 Å². The zero-order valence-corrected chi connectivity index (χ0v) is 10.6. The van der Waals surface area contributed by atoms with Gasteiger partial charge < -0.3 is 5.32 Å². The van der Waals surface area contributed by atoms with Gasteiger partial charge in [-0.25, -0.2) is 4.98 Å². The number of hydrogen-bond acceptors (Lipinski definition) is 3. The topological polar surface area (TPSA) is 48.7 Å². The lowest BCUT2D eigenvalue weighted by Crippen LogP contribution is -2.02. The molecule has 0 aliphatic rings. The molecule has 1 aromatic carbocycles. The van der Waals surface area contributed by atoms with Gasteiger partial charge in [0.25, 0.3) is 0 Å². The summed E-state index contributed by atoms with van der Waals surface area (Å²) in [5, 5.41) is 12.1. The number of pyridine rings is 1. The third-order valence-electron chi connectivity index (χ3n) is 2.28. The summed E-state index contributed by atoms with van der Waals surface area (Å²) >= 11 is 3.33. The van der Waals surface area contributed by atoms with Crippen LogP contribution in [-0.4, -0.2) is 4.98 Å². The van der Waals surface area contributed by atoms with E-state index in [1.165, 1.54) is 0 Å². The lowest BCUT2D eigenvalue weighted by atomic mass is 10.2. The Morgan fingerprint density at radius 2 is 2.00 bits per heavy atom. The normalized spacial score (nSPS) is 9.65. The predicted octanol–water partition coefficient (Wildman–Crippen LogP) is 3.33. The molecule has 84 valence electrons. The van der Waals surface area contributed by atoms with E-state index in [1.54, 1.807) is 6.07 Å². The van der Waals surface area contributed by atoms with Crippen LogP contribution in [0.2, 0.25) is 0 Å². The van der Waals surface area contributed by atoms with Crippen LogP contribution in [0.15, 0.2) is 47.1 Å². The fourth-order valence-electron chi connectivity index (χ4n) is 1.47. The fourth-order valence-corrected chi connectivity index (χ4v) is 1.85. The molecule has 4 heteroatoms. The Labute approximate surface area is 108 Å². The summed E-state index contributed by atoms with van der Waals surface area (Å²) in [4.78, 5) is 4.32. The summed E-state index contributed by atoms with van der Waals surface area (Å²) in [6.07, 6.45) is 0. The van der Waals surface area contributed by atoms with Gasteiger partial charge in [-0.05, 0) is 40.2 Å². The molecule has 0 aliphatic heterocycles. The second-order valence-electron chi connectivity index (χ2n) is 3.46. The largest absolute Gasteiger partial charge is 0.378 e. The molecule has 17 heavy (non-hydrogen) atoms. The molecule has 0 aliphatic carbocycles. The van der Waals surface area contributed by atoms with E-state index in [0.29, 0.717) is 12.1 Å². The van der Waals surface area contributed by atoms with Crippen LogP contribution >= 0.6 is 15.9 Å². The van der Waals surface area contributed by atoms with Gasteiger partial charge in [-0.15, -0.1) is 0 Å². The number of nitrogens with zero attached hydrogens (tertiary/aromatic N) is 2.